The van der Waals surface area contributed by atoms with Gasteiger partial charge in [-0.25, -0.2) is 4.98 Å². The Balaban J connectivity index is 1.66. The van der Waals surface area contributed by atoms with Crippen LogP contribution in [0.3, 0.4) is 0 Å². The molecule has 1 N–H and O–H groups in total. The van der Waals surface area contributed by atoms with Gasteiger partial charge in [0, 0.05) is 34.9 Å². The predicted molar refractivity (Wildman–Crippen MR) is 125 cm³/mol. The highest BCUT2D eigenvalue weighted by Gasteiger charge is 2.20. The molecule has 5 nitrogen and oxygen atoms in total. The van der Waals surface area contributed by atoms with E-state index in [0.29, 0.717) is 22.8 Å². The number of amides is 1. The van der Waals surface area contributed by atoms with Crippen molar-refractivity contribution in [2.75, 3.05) is 20.6 Å². The minimum Gasteiger partial charge on any atom is -0.350 e. The van der Waals surface area contributed by atoms with Gasteiger partial charge in [-0.05, 0) is 50.0 Å². The summed E-state index contributed by atoms with van der Waals surface area (Å²) in [6.07, 6.45) is 3.46. The number of carbonyl (C=O) groups is 1. The largest absolute Gasteiger partial charge is 0.350 e. The summed E-state index contributed by atoms with van der Waals surface area (Å²) in [6.45, 7) is 0.425. The lowest BCUT2D eigenvalue weighted by Gasteiger charge is -2.26. The summed E-state index contributed by atoms with van der Waals surface area (Å²) in [5, 5.41) is 4.59. The zero-order valence-electron chi connectivity index (χ0n) is 17.4. The third-order valence-corrected chi connectivity index (χ3v) is 5.61. The Hall–Kier alpha value is -3.28. The summed E-state index contributed by atoms with van der Waals surface area (Å²) in [4.78, 5) is 24.2. The van der Waals surface area contributed by atoms with Gasteiger partial charge >= 0.3 is 0 Å². The molecule has 1 atom stereocenters. The van der Waals surface area contributed by atoms with Gasteiger partial charge in [0.1, 0.15) is 0 Å². The second kappa shape index (κ2) is 9.25. The van der Waals surface area contributed by atoms with Crippen molar-refractivity contribution in [3.05, 3.63) is 95.3 Å². The van der Waals surface area contributed by atoms with Gasteiger partial charge < -0.3 is 10.2 Å². The van der Waals surface area contributed by atoms with Crippen LogP contribution in [-0.2, 0) is 0 Å². The third-order valence-electron chi connectivity index (χ3n) is 5.26. The molecule has 6 heteroatoms. The lowest BCUT2D eigenvalue weighted by molar-refractivity contribution is 0.0943. The number of halogens is 1. The molecule has 2 heterocycles. The Morgan fingerprint density at radius 2 is 1.84 bits per heavy atom. The van der Waals surface area contributed by atoms with Crippen LogP contribution in [0.15, 0.2) is 79.1 Å². The number of carbonyl (C=O) groups excluding carboxylic acids is 1. The second-order valence-corrected chi connectivity index (χ2v) is 7.93. The van der Waals surface area contributed by atoms with E-state index in [-0.39, 0.29) is 11.9 Å². The molecule has 1 amide bonds. The molecule has 4 rings (SSSR count). The molecule has 0 spiro atoms. The van der Waals surface area contributed by atoms with Crippen molar-refractivity contribution in [1.29, 1.82) is 0 Å². The van der Waals surface area contributed by atoms with Gasteiger partial charge in [0.25, 0.3) is 5.91 Å². The highest BCUT2D eigenvalue weighted by Crippen LogP contribution is 2.27. The van der Waals surface area contributed by atoms with E-state index >= 15 is 0 Å². The maximum atomic E-state index is 13.3. The Kier molecular flexibility index (Phi) is 6.26. The van der Waals surface area contributed by atoms with Crippen LogP contribution >= 0.6 is 11.6 Å². The van der Waals surface area contributed by atoms with Crippen molar-refractivity contribution in [1.82, 2.24) is 20.2 Å². The van der Waals surface area contributed by atoms with E-state index in [0.717, 1.165) is 22.0 Å². The van der Waals surface area contributed by atoms with Crippen LogP contribution in [-0.4, -0.2) is 41.4 Å². The molecule has 0 radical (unpaired) electrons. The van der Waals surface area contributed by atoms with Crippen LogP contribution in [0.4, 0.5) is 0 Å². The van der Waals surface area contributed by atoms with Crippen LogP contribution in [0.25, 0.3) is 22.2 Å². The van der Waals surface area contributed by atoms with Crippen molar-refractivity contribution >= 4 is 28.4 Å². The van der Waals surface area contributed by atoms with E-state index < -0.39 is 0 Å². The zero-order chi connectivity index (χ0) is 21.8. The molecule has 0 saturated carbocycles. The smallest absolute Gasteiger partial charge is 0.252 e. The number of para-hydroxylation sites is 1. The van der Waals surface area contributed by atoms with Gasteiger partial charge in [-0.1, -0.05) is 48.0 Å². The van der Waals surface area contributed by atoms with Crippen molar-refractivity contribution in [3.8, 4) is 11.3 Å². The molecule has 0 saturated heterocycles. The normalized spacial score (nSPS) is 12.1. The Labute approximate surface area is 186 Å². The highest BCUT2D eigenvalue weighted by atomic mass is 35.5. The maximum Gasteiger partial charge on any atom is 0.252 e. The quantitative estimate of drug-likeness (QED) is 0.468. The number of fused-ring (bicyclic) bond motifs is 1. The number of likely N-dealkylation sites (N-methyl/N-ethyl adjacent to an activating group) is 1. The minimum atomic E-state index is -0.150. The van der Waals surface area contributed by atoms with Crippen molar-refractivity contribution in [3.63, 3.8) is 0 Å². The van der Waals surface area contributed by atoms with Crippen molar-refractivity contribution in [2.45, 2.75) is 6.04 Å². The zero-order valence-corrected chi connectivity index (χ0v) is 18.2. The number of hydrogen-bond donors (Lipinski definition) is 1. The molecule has 31 heavy (non-hydrogen) atoms. The molecular formula is C25H23ClN4O. The molecule has 0 aliphatic rings. The molecule has 4 aromatic rings. The van der Waals surface area contributed by atoms with Crippen LogP contribution in [0, 0.1) is 0 Å². The molecule has 0 aliphatic heterocycles. The van der Waals surface area contributed by atoms with Gasteiger partial charge in [-0.15, -0.1) is 0 Å². The van der Waals surface area contributed by atoms with Gasteiger partial charge in [-0.2, -0.15) is 0 Å². The highest BCUT2D eigenvalue weighted by molar-refractivity contribution is 6.31. The SMILES string of the molecule is CN(C)C(CNC(=O)c1cc(-c2cccnc2)nc2ccccc12)c1ccccc1Cl. The number of rotatable bonds is 6. The van der Waals surface area contributed by atoms with Crippen LogP contribution in [0.1, 0.15) is 22.0 Å². The topological polar surface area (TPSA) is 58.1 Å². The fourth-order valence-corrected chi connectivity index (χ4v) is 3.89. The number of aromatic nitrogens is 2. The van der Waals surface area contributed by atoms with Crippen LogP contribution < -0.4 is 5.32 Å². The lowest BCUT2D eigenvalue weighted by Crippen LogP contribution is -2.34. The standard InChI is InChI=1S/C25H23ClN4O/c1-30(2)24(19-10-3-5-11-21(19)26)16-28-25(31)20-14-23(17-8-7-13-27-15-17)29-22-12-6-4-9-18(20)22/h3-15,24H,16H2,1-2H3,(H,28,31). The number of hydrogen-bond acceptors (Lipinski definition) is 4. The Morgan fingerprint density at radius 1 is 1.06 bits per heavy atom. The predicted octanol–water partition coefficient (Wildman–Crippen LogP) is 4.98. The summed E-state index contributed by atoms with van der Waals surface area (Å²) in [7, 11) is 3.95. The molecule has 0 fully saturated rings. The molecule has 1 unspecified atom stereocenters. The number of pyridine rings is 2. The summed E-state index contributed by atoms with van der Waals surface area (Å²) in [5.74, 6) is -0.150. The second-order valence-electron chi connectivity index (χ2n) is 7.52. The Bertz CT molecular complexity index is 1210. The number of benzene rings is 2. The van der Waals surface area contributed by atoms with Crippen molar-refractivity contribution in [2.24, 2.45) is 0 Å². The van der Waals surface area contributed by atoms with Gasteiger partial charge in [0.2, 0.25) is 0 Å². The Morgan fingerprint density at radius 3 is 2.58 bits per heavy atom. The first-order valence-electron chi connectivity index (χ1n) is 10.0. The first-order valence-corrected chi connectivity index (χ1v) is 10.4. The minimum absolute atomic E-state index is 0.0523. The van der Waals surface area contributed by atoms with E-state index in [1.807, 2.05) is 85.7 Å². The van der Waals surface area contributed by atoms with Crippen molar-refractivity contribution < 1.29 is 4.79 Å². The van der Waals surface area contributed by atoms with Gasteiger partial charge in [0.05, 0.1) is 22.8 Å². The molecule has 156 valence electrons. The first kappa shape index (κ1) is 21.0. The average molecular weight is 431 g/mol. The van der Waals surface area contributed by atoms with E-state index in [4.69, 9.17) is 16.6 Å². The van der Waals surface area contributed by atoms with Crippen LogP contribution in [0.2, 0.25) is 5.02 Å². The summed E-state index contributed by atoms with van der Waals surface area (Å²) in [6, 6.07) is 20.9. The molecule has 2 aromatic carbocycles. The monoisotopic (exact) mass is 430 g/mol. The van der Waals surface area contributed by atoms with E-state index in [9.17, 15) is 4.79 Å². The van der Waals surface area contributed by atoms with Gasteiger partial charge in [-0.3, -0.25) is 9.78 Å². The lowest BCUT2D eigenvalue weighted by atomic mass is 10.0. The third kappa shape index (κ3) is 4.58. The fraction of sp³-hybridized carbons (Fsp3) is 0.160. The molecule has 2 aromatic heterocycles. The van der Waals surface area contributed by atoms with E-state index in [2.05, 4.69) is 10.3 Å². The first-order chi connectivity index (χ1) is 15.0. The summed E-state index contributed by atoms with van der Waals surface area (Å²) in [5.41, 5.74) is 3.91. The summed E-state index contributed by atoms with van der Waals surface area (Å²) < 4.78 is 0. The molecule has 0 aliphatic carbocycles. The number of nitrogens with zero attached hydrogens (tertiary/aromatic N) is 3. The van der Waals surface area contributed by atoms with Crippen LogP contribution in [0.5, 0.6) is 0 Å². The number of nitrogens with one attached hydrogen (secondary N) is 1. The van der Waals surface area contributed by atoms with E-state index in [1.165, 1.54) is 0 Å². The molecule has 0 bridgehead atoms. The average Bonchev–Trinajstić information content (AvgIpc) is 2.80. The van der Waals surface area contributed by atoms with E-state index in [1.54, 1.807) is 12.4 Å². The van der Waals surface area contributed by atoms with Gasteiger partial charge in [0.15, 0.2) is 0 Å². The molecular weight excluding hydrogens is 408 g/mol. The maximum absolute atomic E-state index is 13.3. The fourth-order valence-electron chi connectivity index (χ4n) is 3.63. The summed E-state index contributed by atoms with van der Waals surface area (Å²) >= 11 is 6.41.